The number of carbonyl (C=O) groups is 1. The zero-order valence-corrected chi connectivity index (χ0v) is 15.9. The molecule has 0 saturated carbocycles. The largest absolute Gasteiger partial charge is 0.354 e. The van der Waals surface area contributed by atoms with E-state index in [1.165, 1.54) is 0 Å². The summed E-state index contributed by atoms with van der Waals surface area (Å²) in [7, 11) is 2.14. The summed E-state index contributed by atoms with van der Waals surface area (Å²) < 4.78 is 0. The molecular weight excluding hydrogens is 352 g/mol. The molecule has 0 radical (unpaired) electrons. The van der Waals surface area contributed by atoms with Gasteiger partial charge in [0.2, 0.25) is 0 Å². The molecule has 1 aromatic carbocycles. The minimum Gasteiger partial charge on any atom is -0.354 e. The van der Waals surface area contributed by atoms with Crippen molar-refractivity contribution in [3.05, 3.63) is 66.0 Å². The minimum atomic E-state index is -0.183. The van der Waals surface area contributed by atoms with E-state index in [0.717, 1.165) is 48.8 Å². The first kappa shape index (κ1) is 18.2. The van der Waals surface area contributed by atoms with E-state index in [4.69, 9.17) is 0 Å². The third kappa shape index (κ3) is 4.20. The molecule has 3 heterocycles. The monoisotopic (exact) mass is 376 g/mol. The average molecular weight is 376 g/mol. The van der Waals surface area contributed by atoms with Crippen LogP contribution in [-0.2, 0) is 6.54 Å². The lowest BCUT2D eigenvalue weighted by Crippen LogP contribution is -2.44. The van der Waals surface area contributed by atoms with E-state index in [0.29, 0.717) is 12.2 Å². The van der Waals surface area contributed by atoms with Crippen LogP contribution in [0.5, 0.6) is 0 Å². The van der Waals surface area contributed by atoms with E-state index in [2.05, 4.69) is 37.3 Å². The summed E-state index contributed by atoms with van der Waals surface area (Å²) in [6.45, 7) is 4.50. The molecule has 0 atom stereocenters. The Kier molecular flexibility index (Phi) is 5.34. The maximum absolute atomic E-state index is 12.4. The fourth-order valence-corrected chi connectivity index (χ4v) is 3.22. The van der Waals surface area contributed by atoms with Crippen LogP contribution >= 0.6 is 0 Å². The Morgan fingerprint density at radius 1 is 1.11 bits per heavy atom. The molecule has 28 heavy (non-hydrogen) atoms. The first-order chi connectivity index (χ1) is 13.7. The highest BCUT2D eigenvalue weighted by atomic mass is 16.1. The molecule has 0 bridgehead atoms. The van der Waals surface area contributed by atoms with E-state index in [1.807, 2.05) is 48.7 Å². The van der Waals surface area contributed by atoms with Crippen molar-refractivity contribution < 1.29 is 4.79 Å². The number of amides is 1. The first-order valence-electron chi connectivity index (χ1n) is 9.46. The van der Waals surface area contributed by atoms with Crippen molar-refractivity contribution in [1.29, 1.82) is 0 Å². The van der Waals surface area contributed by atoms with Gasteiger partial charge in [0.15, 0.2) is 0 Å². The second-order valence-corrected chi connectivity index (χ2v) is 7.03. The van der Waals surface area contributed by atoms with Crippen molar-refractivity contribution in [2.75, 3.05) is 38.1 Å². The Morgan fingerprint density at radius 2 is 1.89 bits per heavy atom. The molecule has 3 aromatic rings. The van der Waals surface area contributed by atoms with Crippen LogP contribution in [0.2, 0.25) is 0 Å². The minimum absolute atomic E-state index is 0.183. The van der Waals surface area contributed by atoms with Gasteiger partial charge in [0.05, 0.1) is 5.69 Å². The van der Waals surface area contributed by atoms with Crippen molar-refractivity contribution in [3.63, 3.8) is 0 Å². The molecule has 2 N–H and O–H groups in total. The number of likely N-dealkylation sites (N-methyl/N-ethyl adjacent to an activating group) is 1. The highest BCUT2D eigenvalue weighted by molar-refractivity contribution is 5.93. The van der Waals surface area contributed by atoms with Gasteiger partial charge in [0, 0.05) is 44.5 Å². The van der Waals surface area contributed by atoms with Gasteiger partial charge in [0.25, 0.3) is 5.91 Å². The second kappa shape index (κ2) is 8.22. The van der Waals surface area contributed by atoms with Gasteiger partial charge in [-0.2, -0.15) is 5.10 Å². The summed E-state index contributed by atoms with van der Waals surface area (Å²) in [6.07, 6.45) is 1.83. The Hall–Kier alpha value is -3.19. The van der Waals surface area contributed by atoms with Crippen molar-refractivity contribution in [2.45, 2.75) is 6.54 Å². The Morgan fingerprint density at radius 3 is 2.61 bits per heavy atom. The van der Waals surface area contributed by atoms with Gasteiger partial charge in [-0.3, -0.25) is 9.89 Å². The van der Waals surface area contributed by atoms with Crippen LogP contribution in [-0.4, -0.2) is 59.2 Å². The Labute approximate surface area is 164 Å². The average Bonchev–Trinajstić information content (AvgIpc) is 3.24. The van der Waals surface area contributed by atoms with Crippen LogP contribution in [0.1, 0.15) is 16.1 Å². The molecule has 1 aliphatic rings. The van der Waals surface area contributed by atoms with Crippen LogP contribution in [0.25, 0.3) is 11.3 Å². The van der Waals surface area contributed by atoms with E-state index in [-0.39, 0.29) is 5.91 Å². The van der Waals surface area contributed by atoms with Gasteiger partial charge in [-0.05, 0) is 24.7 Å². The smallest absolute Gasteiger partial charge is 0.269 e. The van der Waals surface area contributed by atoms with Crippen LogP contribution < -0.4 is 10.2 Å². The number of aromatic amines is 1. The quantitative estimate of drug-likeness (QED) is 0.714. The zero-order chi connectivity index (χ0) is 19.3. The summed E-state index contributed by atoms with van der Waals surface area (Å²) in [4.78, 5) is 21.6. The molecule has 2 aromatic heterocycles. The second-order valence-electron chi connectivity index (χ2n) is 7.03. The Balaban J connectivity index is 1.33. The number of rotatable bonds is 5. The van der Waals surface area contributed by atoms with E-state index < -0.39 is 0 Å². The van der Waals surface area contributed by atoms with Crippen molar-refractivity contribution >= 4 is 11.7 Å². The van der Waals surface area contributed by atoms with Gasteiger partial charge >= 0.3 is 0 Å². The topological polar surface area (TPSA) is 77.1 Å². The number of hydrogen-bond acceptors (Lipinski definition) is 5. The van der Waals surface area contributed by atoms with Crippen LogP contribution in [0, 0.1) is 0 Å². The first-order valence-corrected chi connectivity index (χ1v) is 9.46. The van der Waals surface area contributed by atoms with Gasteiger partial charge in [-0.1, -0.05) is 36.4 Å². The molecule has 0 unspecified atom stereocenters. The normalized spacial score (nSPS) is 14.8. The number of hydrogen-bond donors (Lipinski definition) is 2. The number of pyridine rings is 1. The number of benzene rings is 1. The predicted molar refractivity (Wildman–Crippen MR) is 109 cm³/mol. The highest BCUT2D eigenvalue weighted by Crippen LogP contribution is 2.17. The SMILES string of the molecule is CN1CCN(c2ccc(CNC(=O)c3cc(-c4ccccc4)n[nH]3)cn2)CC1. The molecule has 0 spiro atoms. The van der Waals surface area contributed by atoms with Gasteiger partial charge in [0.1, 0.15) is 11.5 Å². The number of piperazine rings is 1. The van der Waals surface area contributed by atoms with E-state index >= 15 is 0 Å². The third-order valence-electron chi connectivity index (χ3n) is 4.98. The van der Waals surface area contributed by atoms with Gasteiger partial charge in [-0.25, -0.2) is 4.98 Å². The highest BCUT2D eigenvalue weighted by Gasteiger charge is 2.15. The van der Waals surface area contributed by atoms with E-state index in [9.17, 15) is 4.79 Å². The molecule has 1 aliphatic heterocycles. The fraction of sp³-hybridized carbons (Fsp3) is 0.286. The molecule has 7 nitrogen and oxygen atoms in total. The number of carbonyl (C=O) groups excluding carboxylic acids is 1. The number of nitrogens with zero attached hydrogens (tertiary/aromatic N) is 4. The lowest BCUT2D eigenvalue weighted by molar-refractivity contribution is 0.0946. The molecule has 7 heteroatoms. The number of aromatic nitrogens is 3. The van der Waals surface area contributed by atoms with Gasteiger partial charge < -0.3 is 15.1 Å². The molecule has 4 rings (SSSR count). The van der Waals surface area contributed by atoms with Crippen molar-refractivity contribution in [3.8, 4) is 11.3 Å². The molecule has 1 fully saturated rings. The number of nitrogens with one attached hydrogen (secondary N) is 2. The van der Waals surface area contributed by atoms with Crippen LogP contribution in [0.15, 0.2) is 54.7 Å². The summed E-state index contributed by atoms with van der Waals surface area (Å²) in [5, 5.41) is 9.95. The molecule has 1 saturated heterocycles. The Bertz CT molecular complexity index is 914. The zero-order valence-electron chi connectivity index (χ0n) is 15.9. The summed E-state index contributed by atoms with van der Waals surface area (Å²) >= 11 is 0. The number of anilines is 1. The van der Waals surface area contributed by atoms with Crippen molar-refractivity contribution in [2.24, 2.45) is 0 Å². The van der Waals surface area contributed by atoms with Crippen molar-refractivity contribution in [1.82, 2.24) is 25.4 Å². The third-order valence-corrected chi connectivity index (χ3v) is 4.98. The standard InChI is InChI=1S/C21H24N6O/c1-26-9-11-27(12-10-26)20-8-7-16(14-22-20)15-23-21(28)19-13-18(24-25-19)17-5-3-2-4-6-17/h2-8,13-14H,9-12,15H2,1H3,(H,23,28)(H,24,25). The maximum atomic E-state index is 12.4. The molecular formula is C21H24N6O. The predicted octanol–water partition coefficient (Wildman–Crippen LogP) is 2.15. The lowest BCUT2D eigenvalue weighted by Gasteiger charge is -2.33. The van der Waals surface area contributed by atoms with Crippen LogP contribution in [0.3, 0.4) is 0 Å². The van der Waals surface area contributed by atoms with E-state index in [1.54, 1.807) is 6.07 Å². The summed E-state index contributed by atoms with van der Waals surface area (Å²) in [5.74, 6) is 0.807. The summed E-state index contributed by atoms with van der Waals surface area (Å²) in [6, 6.07) is 15.6. The molecule has 0 aliphatic carbocycles. The molecule has 144 valence electrons. The maximum Gasteiger partial charge on any atom is 0.269 e. The lowest BCUT2D eigenvalue weighted by atomic mass is 10.1. The van der Waals surface area contributed by atoms with Gasteiger partial charge in [-0.15, -0.1) is 0 Å². The number of H-pyrrole nitrogens is 1. The fourth-order valence-electron chi connectivity index (χ4n) is 3.22. The summed E-state index contributed by atoms with van der Waals surface area (Å²) in [5.41, 5.74) is 3.14. The molecule has 1 amide bonds. The van der Waals surface area contributed by atoms with Crippen LogP contribution in [0.4, 0.5) is 5.82 Å².